The minimum absolute atomic E-state index is 0.00362. The molecular formula is C15H18ClFN2. The highest BCUT2D eigenvalue weighted by atomic mass is 35.5. The number of benzene rings is 1. The van der Waals surface area contributed by atoms with Crippen LogP contribution < -0.4 is 0 Å². The third kappa shape index (κ3) is 2.91. The van der Waals surface area contributed by atoms with Gasteiger partial charge in [-0.3, -0.25) is 4.90 Å². The van der Waals surface area contributed by atoms with Gasteiger partial charge in [0.05, 0.1) is 12.0 Å². The summed E-state index contributed by atoms with van der Waals surface area (Å²) in [6, 6.07) is 6.72. The SMILES string of the molecule is CC(C)(C)N1C[C@@H](C#N)[C@H](c2cc(F)ccc2Cl)C1. The summed E-state index contributed by atoms with van der Waals surface area (Å²) in [5.74, 6) is -0.462. The van der Waals surface area contributed by atoms with Crippen LogP contribution in [0.15, 0.2) is 18.2 Å². The summed E-state index contributed by atoms with van der Waals surface area (Å²) in [5, 5.41) is 9.87. The molecule has 0 bridgehead atoms. The van der Waals surface area contributed by atoms with Gasteiger partial charge in [0.25, 0.3) is 0 Å². The van der Waals surface area contributed by atoms with E-state index in [1.54, 1.807) is 6.07 Å². The minimum Gasteiger partial charge on any atom is -0.297 e. The topological polar surface area (TPSA) is 27.0 Å². The van der Waals surface area contributed by atoms with Crippen molar-refractivity contribution in [2.45, 2.75) is 32.2 Å². The third-order valence-electron chi connectivity index (χ3n) is 3.79. The Bertz CT molecular complexity index is 516. The van der Waals surface area contributed by atoms with Crippen molar-refractivity contribution in [2.24, 2.45) is 5.92 Å². The summed E-state index contributed by atoms with van der Waals surface area (Å²) >= 11 is 6.17. The predicted molar refractivity (Wildman–Crippen MR) is 74.6 cm³/mol. The molecule has 4 heteroatoms. The molecule has 2 atom stereocenters. The summed E-state index contributed by atoms with van der Waals surface area (Å²) in [5.41, 5.74) is 0.754. The zero-order chi connectivity index (χ0) is 14.2. The van der Waals surface area contributed by atoms with E-state index in [1.165, 1.54) is 12.1 Å². The fraction of sp³-hybridized carbons (Fsp3) is 0.533. The first-order valence-corrected chi connectivity index (χ1v) is 6.80. The number of likely N-dealkylation sites (tertiary alicyclic amines) is 1. The molecule has 0 radical (unpaired) electrons. The number of halogens is 2. The molecule has 0 spiro atoms. The van der Waals surface area contributed by atoms with Crippen LogP contribution >= 0.6 is 11.6 Å². The maximum Gasteiger partial charge on any atom is 0.123 e. The van der Waals surface area contributed by atoms with Crippen LogP contribution in [0, 0.1) is 23.1 Å². The normalized spacial score (nSPS) is 24.4. The van der Waals surface area contributed by atoms with Crippen molar-refractivity contribution in [3.05, 3.63) is 34.6 Å². The van der Waals surface area contributed by atoms with E-state index in [4.69, 9.17) is 11.6 Å². The summed E-state index contributed by atoms with van der Waals surface area (Å²) < 4.78 is 13.4. The molecule has 2 rings (SSSR count). The van der Waals surface area contributed by atoms with Crippen LogP contribution in [0.4, 0.5) is 4.39 Å². The second-order valence-electron chi connectivity index (χ2n) is 6.08. The molecule has 1 aliphatic heterocycles. The Hall–Kier alpha value is -1.11. The van der Waals surface area contributed by atoms with E-state index < -0.39 is 0 Å². The van der Waals surface area contributed by atoms with E-state index in [-0.39, 0.29) is 23.2 Å². The monoisotopic (exact) mass is 280 g/mol. The first-order valence-electron chi connectivity index (χ1n) is 6.42. The number of rotatable bonds is 1. The highest BCUT2D eigenvalue weighted by molar-refractivity contribution is 6.31. The van der Waals surface area contributed by atoms with E-state index in [2.05, 4.69) is 31.7 Å². The predicted octanol–water partition coefficient (Wildman–Crippen LogP) is 3.82. The number of nitrogens with zero attached hydrogens (tertiary/aromatic N) is 2. The largest absolute Gasteiger partial charge is 0.297 e. The van der Waals surface area contributed by atoms with Gasteiger partial charge in [0, 0.05) is 29.6 Å². The molecule has 0 N–H and O–H groups in total. The van der Waals surface area contributed by atoms with Crippen LogP contribution in [-0.4, -0.2) is 23.5 Å². The lowest BCUT2D eigenvalue weighted by Gasteiger charge is -2.31. The Kier molecular flexibility index (Phi) is 3.85. The van der Waals surface area contributed by atoms with Crippen LogP contribution in [0.2, 0.25) is 5.02 Å². The zero-order valence-corrected chi connectivity index (χ0v) is 12.2. The molecular weight excluding hydrogens is 263 g/mol. The molecule has 1 fully saturated rings. The molecule has 1 aliphatic rings. The van der Waals surface area contributed by atoms with Crippen molar-refractivity contribution in [1.82, 2.24) is 4.90 Å². The summed E-state index contributed by atoms with van der Waals surface area (Å²) in [7, 11) is 0. The highest BCUT2D eigenvalue weighted by Gasteiger charge is 2.39. The van der Waals surface area contributed by atoms with Crippen LogP contribution in [-0.2, 0) is 0 Å². The lowest BCUT2D eigenvalue weighted by atomic mass is 9.90. The molecule has 0 unspecified atom stereocenters. The zero-order valence-electron chi connectivity index (χ0n) is 11.5. The molecule has 0 amide bonds. The molecule has 0 saturated carbocycles. The highest BCUT2D eigenvalue weighted by Crippen LogP contribution is 2.38. The molecule has 0 aliphatic carbocycles. The van der Waals surface area contributed by atoms with Gasteiger partial charge in [0.1, 0.15) is 5.82 Å². The maximum atomic E-state index is 13.4. The molecule has 1 heterocycles. The van der Waals surface area contributed by atoms with Gasteiger partial charge in [-0.1, -0.05) is 11.6 Å². The Balaban J connectivity index is 2.34. The molecule has 1 saturated heterocycles. The summed E-state index contributed by atoms with van der Waals surface area (Å²) in [6.45, 7) is 7.81. The number of hydrogen-bond donors (Lipinski definition) is 0. The third-order valence-corrected chi connectivity index (χ3v) is 4.14. The Morgan fingerprint density at radius 3 is 2.63 bits per heavy atom. The number of hydrogen-bond acceptors (Lipinski definition) is 2. The minimum atomic E-state index is -0.301. The molecule has 0 aromatic heterocycles. The van der Waals surface area contributed by atoms with Crippen molar-refractivity contribution in [3.8, 4) is 6.07 Å². The second kappa shape index (κ2) is 5.11. The first-order chi connectivity index (χ1) is 8.82. The van der Waals surface area contributed by atoms with E-state index in [0.29, 0.717) is 11.6 Å². The van der Waals surface area contributed by atoms with Crippen molar-refractivity contribution in [1.29, 1.82) is 5.26 Å². The maximum absolute atomic E-state index is 13.4. The van der Waals surface area contributed by atoms with Crippen molar-refractivity contribution >= 4 is 11.6 Å². The van der Waals surface area contributed by atoms with Gasteiger partial charge in [-0.25, -0.2) is 4.39 Å². The lowest BCUT2D eigenvalue weighted by molar-refractivity contribution is 0.170. The molecule has 1 aromatic carbocycles. The smallest absolute Gasteiger partial charge is 0.123 e. The second-order valence-corrected chi connectivity index (χ2v) is 6.49. The van der Waals surface area contributed by atoms with Gasteiger partial charge < -0.3 is 0 Å². The standard InChI is InChI=1S/C15H18ClFN2/c1-15(2,3)19-8-10(7-18)13(9-19)12-6-11(17)4-5-14(12)16/h4-6,10,13H,8-9H2,1-3H3/t10-,13-/m1/s1. The average molecular weight is 281 g/mol. The first kappa shape index (κ1) is 14.3. The van der Waals surface area contributed by atoms with Gasteiger partial charge in [0.15, 0.2) is 0 Å². The van der Waals surface area contributed by atoms with E-state index >= 15 is 0 Å². The lowest BCUT2D eigenvalue weighted by Crippen LogP contribution is -2.39. The fourth-order valence-corrected chi connectivity index (χ4v) is 2.85. The average Bonchev–Trinajstić information content (AvgIpc) is 2.76. The van der Waals surface area contributed by atoms with E-state index in [1.807, 2.05) is 0 Å². The Morgan fingerprint density at radius 1 is 1.37 bits per heavy atom. The van der Waals surface area contributed by atoms with Crippen molar-refractivity contribution in [2.75, 3.05) is 13.1 Å². The van der Waals surface area contributed by atoms with Crippen LogP contribution in [0.25, 0.3) is 0 Å². The molecule has 102 valence electrons. The van der Waals surface area contributed by atoms with Crippen LogP contribution in [0.1, 0.15) is 32.3 Å². The molecule has 1 aromatic rings. The van der Waals surface area contributed by atoms with Crippen molar-refractivity contribution < 1.29 is 4.39 Å². The Labute approximate surface area is 118 Å². The van der Waals surface area contributed by atoms with Crippen molar-refractivity contribution in [3.63, 3.8) is 0 Å². The molecule has 2 nitrogen and oxygen atoms in total. The Morgan fingerprint density at radius 2 is 2.05 bits per heavy atom. The van der Waals surface area contributed by atoms with E-state index in [9.17, 15) is 9.65 Å². The van der Waals surface area contributed by atoms with Crippen LogP contribution in [0.3, 0.4) is 0 Å². The van der Waals surface area contributed by atoms with Gasteiger partial charge in [-0.15, -0.1) is 0 Å². The van der Waals surface area contributed by atoms with Gasteiger partial charge >= 0.3 is 0 Å². The fourth-order valence-electron chi connectivity index (χ4n) is 2.60. The molecule has 19 heavy (non-hydrogen) atoms. The number of nitriles is 1. The van der Waals surface area contributed by atoms with Crippen LogP contribution in [0.5, 0.6) is 0 Å². The van der Waals surface area contributed by atoms with Gasteiger partial charge in [-0.2, -0.15) is 5.26 Å². The summed E-state index contributed by atoms with van der Waals surface area (Å²) in [6.07, 6.45) is 0. The quantitative estimate of drug-likeness (QED) is 0.782. The van der Waals surface area contributed by atoms with Gasteiger partial charge in [0.2, 0.25) is 0 Å². The summed E-state index contributed by atoms with van der Waals surface area (Å²) in [4.78, 5) is 2.26. The van der Waals surface area contributed by atoms with E-state index in [0.717, 1.165) is 12.1 Å². The van der Waals surface area contributed by atoms with Gasteiger partial charge in [-0.05, 0) is 44.5 Å².